The molecule has 0 saturated heterocycles. The summed E-state index contributed by atoms with van der Waals surface area (Å²) in [5.74, 6) is 0.179. The minimum absolute atomic E-state index is 0.179. The number of hydrogen-bond donors (Lipinski definition) is 0. The Morgan fingerprint density at radius 1 is 1.33 bits per heavy atom. The second-order valence-corrected chi connectivity index (χ2v) is 2.85. The van der Waals surface area contributed by atoms with Gasteiger partial charge in [0, 0.05) is 0 Å². The summed E-state index contributed by atoms with van der Waals surface area (Å²) in [6.45, 7) is 5.33. The summed E-state index contributed by atoms with van der Waals surface area (Å²) in [7, 11) is 0. The smallest absolute Gasteiger partial charge is 0.416 e. The molecule has 1 radical (unpaired) electrons. The van der Waals surface area contributed by atoms with Crippen molar-refractivity contribution >= 4 is 0 Å². The van der Waals surface area contributed by atoms with E-state index in [0.29, 0.717) is 6.61 Å². The predicted octanol–water partition coefficient (Wildman–Crippen LogP) is 3.44. The number of rotatable bonds is 3. The Kier molecular flexibility index (Phi) is 3.39. The van der Waals surface area contributed by atoms with Crippen molar-refractivity contribution < 1.29 is 17.9 Å². The Balaban J connectivity index is 3.17. The third-order valence-electron chi connectivity index (χ3n) is 1.75. The highest BCUT2D eigenvalue weighted by Gasteiger charge is 2.31. The van der Waals surface area contributed by atoms with Gasteiger partial charge >= 0.3 is 6.18 Å². The van der Waals surface area contributed by atoms with E-state index in [0.717, 1.165) is 12.1 Å². The van der Waals surface area contributed by atoms with Crippen LogP contribution in [-0.2, 0) is 6.18 Å². The van der Waals surface area contributed by atoms with E-state index in [4.69, 9.17) is 4.74 Å². The first-order valence-corrected chi connectivity index (χ1v) is 4.35. The molecule has 0 atom stereocenters. The SMILES string of the molecule is C=[C]c1cc(OCC)cc(C(F)(F)F)c1. The van der Waals surface area contributed by atoms with Crippen LogP contribution in [0.2, 0.25) is 0 Å². The Morgan fingerprint density at radius 3 is 2.47 bits per heavy atom. The molecule has 0 N–H and O–H groups in total. The summed E-state index contributed by atoms with van der Waals surface area (Å²) in [5.41, 5.74) is -0.479. The van der Waals surface area contributed by atoms with E-state index in [-0.39, 0.29) is 11.3 Å². The summed E-state index contributed by atoms with van der Waals surface area (Å²) in [6, 6.07) is 3.41. The molecule has 0 aliphatic heterocycles. The molecule has 0 fully saturated rings. The van der Waals surface area contributed by atoms with Crippen LogP contribution in [0.4, 0.5) is 13.2 Å². The van der Waals surface area contributed by atoms with Crippen molar-refractivity contribution in [1.29, 1.82) is 0 Å². The minimum atomic E-state index is -4.38. The lowest BCUT2D eigenvalue weighted by Gasteiger charge is -2.10. The van der Waals surface area contributed by atoms with Crippen LogP contribution in [0.25, 0.3) is 0 Å². The number of hydrogen-bond acceptors (Lipinski definition) is 1. The molecule has 0 spiro atoms. The largest absolute Gasteiger partial charge is 0.494 e. The number of benzene rings is 1. The average molecular weight is 215 g/mol. The molecule has 4 heteroatoms. The zero-order valence-corrected chi connectivity index (χ0v) is 8.19. The second-order valence-electron chi connectivity index (χ2n) is 2.85. The maximum absolute atomic E-state index is 12.4. The molecule has 1 rings (SSSR count). The van der Waals surface area contributed by atoms with Crippen molar-refractivity contribution in [3.05, 3.63) is 42.0 Å². The van der Waals surface area contributed by atoms with Gasteiger partial charge in [-0.25, -0.2) is 0 Å². The Bertz CT molecular complexity index is 355. The fourth-order valence-electron chi connectivity index (χ4n) is 1.11. The van der Waals surface area contributed by atoms with Crippen molar-refractivity contribution in [2.75, 3.05) is 6.61 Å². The van der Waals surface area contributed by atoms with E-state index in [1.165, 1.54) is 6.07 Å². The maximum atomic E-state index is 12.4. The number of alkyl halides is 3. The minimum Gasteiger partial charge on any atom is -0.494 e. The van der Waals surface area contributed by atoms with Crippen molar-refractivity contribution in [1.82, 2.24) is 0 Å². The summed E-state index contributed by atoms with van der Waals surface area (Å²) >= 11 is 0. The molecule has 0 aliphatic carbocycles. The second kappa shape index (κ2) is 4.38. The van der Waals surface area contributed by atoms with E-state index in [1.807, 2.05) is 0 Å². The van der Waals surface area contributed by atoms with Crippen LogP contribution in [-0.4, -0.2) is 6.61 Å². The van der Waals surface area contributed by atoms with Gasteiger partial charge in [0.2, 0.25) is 0 Å². The Labute approximate surface area is 86.2 Å². The first-order chi connectivity index (χ1) is 6.97. The van der Waals surface area contributed by atoms with Gasteiger partial charge in [-0.3, -0.25) is 0 Å². The molecule has 15 heavy (non-hydrogen) atoms. The van der Waals surface area contributed by atoms with E-state index >= 15 is 0 Å². The molecule has 0 unspecified atom stereocenters. The fourth-order valence-corrected chi connectivity index (χ4v) is 1.11. The van der Waals surface area contributed by atoms with Crippen LogP contribution < -0.4 is 4.74 Å². The van der Waals surface area contributed by atoms with Crippen molar-refractivity contribution in [2.24, 2.45) is 0 Å². The van der Waals surface area contributed by atoms with Gasteiger partial charge in [-0.1, -0.05) is 6.58 Å². The summed E-state index contributed by atoms with van der Waals surface area (Å²) in [4.78, 5) is 0. The molecule has 1 nitrogen and oxygen atoms in total. The number of ether oxygens (including phenoxy) is 1. The van der Waals surface area contributed by atoms with Gasteiger partial charge < -0.3 is 4.74 Å². The van der Waals surface area contributed by atoms with Crippen molar-refractivity contribution in [3.8, 4) is 5.75 Å². The molecule has 81 valence electrons. The lowest BCUT2D eigenvalue weighted by atomic mass is 10.1. The first kappa shape index (κ1) is 11.6. The highest BCUT2D eigenvalue weighted by molar-refractivity contribution is 5.38. The normalized spacial score (nSPS) is 11.2. The first-order valence-electron chi connectivity index (χ1n) is 4.35. The summed E-state index contributed by atoms with van der Waals surface area (Å²) in [6.07, 6.45) is -1.97. The van der Waals surface area contributed by atoms with Crippen LogP contribution in [0.15, 0.2) is 24.8 Å². The quantitative estimate of drug-likeness (QED) is 0.750. The predicted molar refractivity (Wildman–Crippen MR) is 50.6 cm³/mol. The lowest BCUT2D eigenvalue weighted by molar-refractivity contribution is -0.137. The molecular formula is C11H10F3O. The third-order valence-corrected chi connectivity index (χ3v) is 1.75. The summed E-state index contributed by atoms with van der Waals surface area (Å²) < 4.78 is 42.3. The monoisotopic (exact) mass is 215 g/mol. The molecule has 0 heterocycles. The van der Waals surface area contributed by atoms with E-state index in [2.05, 4.69) is 12.7 Å². The molecular weight excluding hydrogens is 205 g/mol. The van der Waals surface area contributed by atoms with E-state index < -0.39 is 11.7 Å². The molecule has 0 amide bonds. The Morgan fingerprint density at radius 2 is 2.00 bits per heavy atom. The van der Waals surface area contributed by atoms with Crippen LogP contribution >= 0.6 is 0 Å². The molecule has 0 saturated carbocycles. The lowest BCUT2D eigenvalue weighted by Crippen LogP contribution is -2.06. The van der Waals surface area contributed by atoms with Gasteiger partial charge in [-0.2, -0.15) is 13.2 Å². The van der Waals surface area contributed by atoms with E-state index in [1.54, 1.807) is 6.92 Å². The standard InChI is InChI=1S/C11H10F3O/c1-3-8-5-9(11(12,13)14)7-10(6-8)15-4-2/h5-7H,1,4H2,2H3. The van der Waals surface area contributed by atoms with Crippen LogP contribution in [0.3, 0.4) is 0 Å². The van der Waals surface area contributed by atoms with Gasteiger partial charge in [0.1, 0.15) is 5.75 Å². The van der Waals surface area contributed by atoms with Crippen LogP contribution in [0.5, 0.6) is 5.75 Å². The molecule has 1 aromatic rings. The highest BCUT2D eigenvalue weighted by Crippen LogP contribution is 2.32. The van der Waals surface area contributed by atoms with Gasteiger partial charge in [-0.05, 0) is 36.8 Å². The summed E-state index contributed by atoms with van der Waals surface area (Å²) in [5, 5.41) is 0. The molecule has 1 aromatic carbocycles. The van der Waals surface area contributed by atoms with Crippen LogP contribution in [0.1, 0.15) is 18.1 Å². The molecule has 0 aliphatic rings. The molecule has 0 bridgehead atoms. The third kappa shape index (κ3) is 3.01. The van der Waals surface area contributed by atoms with Gasteiger partial charge in [0.05, 0.1) is 12.2 Å². The number of halogens is 3. The van der Waals surface area contributed by atoms with Crippen LogP contribution in [0, 0.1) is 6.08 Å². The van der Waals surface area contributed by atoms with Crippen molar-refractivity contribution in [2.45, 2.75) is 13.1 Å². The van der Waals surface area contributed by atoms with Gasteiger partial charge in [0.15, 0.2) is 0 Å². The van der Waals surface area contributed by atoms with Gasteiger partial charge in [0.25, 0.3) is 0 Å². The topological polar surface area (TPSA) is 9.23 Å². The fraction of sp³-hybridized carbons (Fsp3) is 0.273. The average Bonchev–Trinajstić information content (AvgIpc) is 2.16. The molecule has 0 aromatic heterocycles. The van der Waals surface area contributed by atoms with Gasteiger partial charge in [-0.15, -0.1) is 0 Å². The Hall–Kier alpha value is -1.45. The van der Waals surface area contributed by atoms with E-state index in [9.17, 15) is 13.2 Å². The van der Waals surface area contributed by atoms with Crippen molar-refractivity contribution in [3.63, 3.8) is 0 Å². The maximum Gasteiger partial charge on any atom is 0.416 e. The zero-order valence-electron chi connectivity index (χ0n) is 8.19. The zero-order chi connectivity index (χ0) is 11.5. The highest BCUT2D eigenvalue weighted by atomic mass is 19.4.